The molecule has 0 bridgehead atoms. The summed E-state index contributed by atoms with van der Waals surface area (Å²) < 4.78 is 0. The van der Waals surface area contributed by atoms with Crippen molar-refractivity contribution in [2.24, 2.45) is 0 Å². The number of rotatable bonds is 3. The predicted octanol–water partition coefficient (Wildman–Crippen LogP) is 3.90. The monoisotopic (exact) mass is 219 g/mol. The van der Waals surface area contributed by atoms with Crippen LogP contribution in [0.1, 0.15) is 53.3 Å². The molecule has 0 amide bonds. The minimum Gasteiger partial charge on any atom is -0.310 e. The van der Waals surface area contributed by atoms with Gasteiger partial charge in [-0.05, 0) is 81.5 Å². The Morgan fingerprint density at radius 2 is 1.19 bits per heavy atom. The van der Waals surface area contributed by atoms with E-state index in [2.05, 4.69) is 53.8 Å². The normalized spacial score (nSPS) is 12.9. The third kappa shape index (κ3) is 2.15. The zero-order valence-electron chi connectivity index (χ0n) is 11.8. The van der Waals surface area contributed by atoms with Crippen molar-refractivity contribution >= 4 is 0 Å². The third-order valence-corrected chi connectivity index (χ3v) is 4.00. The maximum Gasteiger partial charge on any atom is 0.0297 e. The van der Waals surface area contributed by atoms with E-state index in [0.717, 1.165) is 6.54 Å². The second-order valence-electron chi connectivity index (χ2n) is 4.82. The van der Waals surface area contributed by atoms with Gasteiger partial charge in [0, 0.05) is 6.04 Å². The molecule has 1 atom stereocenters. The molecule has 0 aliphatic heterocycles. The molecule has 0 fully saturated rings. The molecule has 0 spiro atoms. The molecule has 0 saturated carbocycles. The summed E-state index contributed by atoms with van der Waals surface area (Å²) in [4.78, 5) is 0. The average molecular weight is 219 g/mol. The van der Waals surface area contributed by atoms with E-state index < -0.39 is 0 Å². The average Bonchev–Trinajstić information content (AvgIpc) is 2.24. The van der Waals surface area contributed by atoms with Gasteiger partial charge in [0.25, 0.3) is 0 Å². The van der Waals surface area contributed by atoms with Gasteiger partial charge in [0.05, 0.1) is 0 Å². The van der Waals surface area contributed by atoms with Crippen LogP contribution in [0, 0.1) is 34.6 Å². The zero-order valence-corrected chi connectivity index (χ0v) is 11.8. The molecule has 0 aliphatic carbocycles. The fraction of sp³-hybridized carbons (Fsp3) is 0.600. The van der Waals surface area contributed by atoms with E-state index in [1.807, 2.05) is 0 Å². The highest BCUT2D eigenvalue weighted by molar-refractivity contribution is 5.50. The molecule has 1 rings (SSSR count). The van der Waals surface area contributed by atoms with Crippen molar-refractivity contribution in [2.75, 3.05) is 6.54 Å². The quantitative estimate of drug-likeness (QED) is 0.813. The van der Waals surface area contributed by atoms with Gasteiger partial charge in [-0.3, -0.25) is 0 Å². The summed E-state index contributed by atoms with van der Waals surface area (Å²) >= 11 is 0. The Hall–Kier alpha value is -0.820. The standard InChI is InChI=1S/C15H25N/c1-8-16-14(7)15-12(5)10(3)9(2)11(4)13(15)6/h14,16H,8H2,1-7H3. The van der Waals surface area contributed by atoms with Gasteiger partial charge in [-0.1, -0.05) is 6.92 Å². The van der Waals surface area contributed by atoms with E-state index in [0.29, 0.717) is 6.04 Å². The molecule has 90 valence electrons. The Balaban J connectivity index is 3.39. The molecule has 1 aromatic carbocycles. The van der Waals surface area contributed by atoms with E-state index in [-0.39, 0.29) is 0 Å². The van der Waals surface area contributed by atoms with Gasteiger partial charge in [0.15, 0.2) is 0 Å². The third-order valence-electron chi connectivity index (χ3n) is 4.00. The summed E-state index contributed by atoms with van der Waals surface area (Å²) in [6.45, 7) is 16.6. The predicted molar refractivity (Wildman–Crippen MR) is 72.2 cm³/mol. The fourth-order valence-corrected chi connectivity index (χ4v) is 2.59. The number of benzene rings is 1. The summed E-state index contributed by atoms with van der Waals surface area (Å²) in [6, 6.07) is 0.447. The van der Waals surface area contributed by atoms with Crippen LogP contribution in [0.3, 0.4) is 0 Å². The van der Waals surface area contributed by atoms with Gasteiger partial charge in [0.1, 0.15) is 0 Å². The highest BCUT2D eigenvalue weighted by Gasteiger charge is 2.16. The van der Waals surface area contributed by atoms with Gasteiger partial charge in [-0.15, -0.1) is 0 Å². The molecular weight excluding hydrogens is 194 g/mol. The molecule has 0 heterocycles. The summed E-state index contributed by atoms with van der Waals surface area (Å²) in [5, 5.41) is 3.52. The summed E-state index contributed by atoms with van der Waals surface area (Å²) in [5.41, 5.74) is 8.73. The van der Waals surface area contributed by atoms with Crippen LogP contribution in [0.15, 0.2) is 0 Å². The molecule has 1 N–H and O–H groups in total. The Labute approximate surface area is 100 Å². The van der Waals surface area contributed by atoms with Gasteiger partial charge in [-0.25, -0.2) is 0 Å². The molecule has 0 aliphatic rings. The Kier molecular flexibility index (Phi) is 4.15. The topological polar surface area (TPSA) is 12.0 Å². The van der Waals surface area contributed by atoms with E-state index in [1.165, 1.54) is 33.4 Å². The lowest BCUT2D eigenvalue weighted by Gasteiger charge is -2.23. The van der Waals surface area contributed by atoms with Crippen LogP contribution in [0.4, 0.5) is 0 Å². The molecular formula is C15H25N. The lowest BCUT2D eigenvalue weighted by Crippen LogP contribution is -2.20. The van der Waals surface area contributed by atoms with Gasteiger partial charge in [-0.2, -0.15) is 0 Å². The number of hydrogen-bond acceptors (Lipinski definition) is 1. The van der Waals surface area contributed by atoms with Crippen molar-refractivity contribution in [3.05, 3.63) is 33.4 Å². The Bertz CT molecular complexity index is 362. The van der Waals surface area contributed by atoms with Crippen LogP contribution < -0.4 is 5.32 Å². The second kappa shape index (κ2) is 5.01. The van der Waals surface area contributed by atoms with Gasteiger partial charge < -0.3 is 5.32 Å². The maximum absolute atomic E-state index is 3.52. The van der Waals surface area contributed by atoms with Crippen LogP contribution in [0.2, 0.25) is 0 Å². The van der Waals surface area contributed by atoms with Crippen molar-refractivity contribution in [3.8, 4) is 0 Å². The highest BCUT2D eigenvalue weighted by Crippen LogP contribution is 2.30. The Morgan fingerprint density at radius 1 is 0.812 bits per heavy atom. The second-order valence-corrected chi connectivity index (χ2v) is 4.82. The van der Waals surface area contributed by atoms with Gasteiger partial charge in [0.2, 0.25) is 0 Å². The van der Waals surface area contributed by atoms with E-state index in [4.69, 9.17) is 0 Å². The minimum atomic E-state index is 0.447. The lowest BCUT2D eigenvalue weighted by atomic mass is 9.87. The van der Waals surface area contributed by atoms with Crippen molar-refractivity contribution in [1.82, 2.24) is 5.32 Å². The smallest absolute Gasteiger partial charge is 0.0297 e. The number of hydrogen-bond donors (Lipinski definition) is 1. The Morgan fingerprint density at radius 3 is 1.56 bits per heavy atom. The van der Waals surface area contributed by atoms with Crippen LogP contribution >= 0.6 is 0 Å². The summed E-state index contributed by atoms with van der Waals surface area (Å²) in [6.07, 6.45) is 0. The van der Waals surface area contributed by atoms with Crippen molar-refractivity contribution < 1.29 is 0 Å². The van der Waals surface area contributed by atoms with E-state index in [9.17, 15) is 0 Å². The molecule has 0 aromatic heterocycles. The van der Waals surface area contributed by atoms with Crippen molar-refractivity contribution in [1.29, 1.82) is 0 Å². The fourth-order valence-electron chi connectivity index (χ4n) is 2.59. The molecule has 1 aromatic rings. The van der Waals surface area contributed by atoms with E-state index in [1.54, 1.807) is 0 Å². The zero-order chi connectivity index (χ0) is 12.5. The molecule has 0 saturated heterocycles. The summed E-state index contributed by atoms with van der Waals surface area (Å²) in [5.74, 6) is 0. The maximum atomic E-state index is 3.52. The first-order chi connectivity index (χ1) is 7.41. The van der Waals surface area contributed by atoms with Crippen molar-refractivity contribution in [3.63, 3.8) is 0 Å². The SMILES string of the molecule is CCNC(C)c1c(C)c(C)c(C)c(C)c1C. The molecule has 0 radical (unpaired) electrons. The highest BCUT2D eigenvalue weighted by atomic mass is 14.9. The lowest BCUT2D eigenvalue weighted by molar-refractivity contribution is 0.591. The molecule has 1 unspecified atom stereocenters. The largest absolute Gasteiger partial charge is 0.310 e. The first-order valence-electron chi connectivity index (χ1n) is 6.22. The van der Waals surface area contributed by atoms with Crippen molar-refractivity contribution in [2.45, 2.75) is 54.5 Å². The first-order valence-corrected chi connectivity index (χ1v) is 6.22. The van der Waals surface area contributed by atoms with E-state index >= 15 is 0 Å². The number of nitrogens with one attached hydrogen (secondary N) is 1. The van der Waals surface area contributed by atoms with Crippen LogP contribution in [-0.4, -0.2) is 6.54 Å². The first kappa shape index (κ1) is 13.2. The van der Waals surface area contributed by atoms with Crippen LogP contribution in [-0.2, 0) is 0 Å². The minimum absolute atomic E-state index is 0.447. The van der Waals surface area contributed by atoms with Crippen LogP contribution in [0.5, 0.6) is 0 Å². The molecule has 1 nitrogen and oxygen atoms in total. The van der Waals surface area contributed by atoms with Gasteiger partial charge >= 0.3 is 0 Å². The van der Waals surface area contributed by atoms with Crippen LogP contribution in [0.25, 0.3) is 0 Å². The summed E-state index contributed by atoms with van der Waals surface area (Å²) in [7, 11) is 0. The molecule has 16 heavy (non-hydrogen) atoms. The molecule has 1 heteroatoms.